The third-order valence-corrected chi connectivity index (χ3v) is 4.52. The maximum atomic E-state index is 7.63. The van der Waals surface area contributed by atoms with Crippen LogP contribution in [0.1, 0.15) is 22.3 Å². The van der Waals surface area contributed by atoms with E-state index in [4.69, 9.17) is 15.9 Å². The summed E-state index contributed by atoms with van der Waals surface area (Å²) in [5.41, 5.74) is 9.94. The highest BCUT2D eigenvalue weighted by atomic mass is 32.2. The maximum Gasteiger partial charge on any atom is 0.129 e. The summed E-state index contributed by atoms with van der Waals surface area (Å²) in [6.07, 6.45) is 0. The van der Waals surface area contributed by atoms with Crippen LogP contribution < -0.4 is 10.5 Å². The Balaban J connectivity index is 2.18. The predicted molar refractivity (Wildman–Crippen MR) is 89.5 cm³/mol. The molecule has 0 atom stereocenters. The number of methoxy groups -OCH3 is 1. The molecule has 0 aliphatic carbocycles. The van der Waals surface area contributed by atoms with Gasteiger partial charge in [0, 0.05) is 10.6 Å². The number of hydrogen-bond donors (Lipinski definition) is 2. The van der Waals surface area contributed by atoms with Crippen molar-refractivity contribution in [2.45, 2.75) is 24.5 Å². The second kappa shape index (κ2) is 6.68. The molecule has 4 heteroatoms. The highest BCUT2D eigenvalue weighted by Gasteiger charge is 2.08. The van der Waals surface area contributed by atoms with Gasteiger partial charge in [0.05, 0.1) is 12.7 Å². The number of benzene rings is 2. The Bertz CT molecular complexity index is 668. The fourth-order valence-electron chi connectivity index (χ4n) is 2.08. The first kappa shape index (κ1) is 15.4. The molecule has 3 N–H and O–H groups in total. The first-order chi connectivity index (χ1) is 10.0. The molecule has 0 saturated carbocycles. The van der Waals surface area contributed by atoms with Crippen molar-refractivity contribution in [3.63, 3.8) is 0 Å². The minimum Gasteiger partial charge on any atom is -0.496 e. The van der Waals surface area contributed by atoms with Crippen LogP contribution in [-0.2, 0) is 5.75 Å². The number of aryl methyl sites for hydroxylation is 2. The zero-order chi connectivity index (χ0) is 15.4. The summed E-state index contributed by atoms with van der Waals surface area (Å²) in [5, 5.41) is 7.63. The highest BCUT2D eigenvalue weighted by Crippen LogP contribution is 2.28. The monoisotopic (exact) mass is 300 g/mol. The lowest BCUT2D eigenvalue weighted by Crippen LogP contribution is -2.12. The Morgan fingerprint density at radius 2 is 1.95 bits per heavy atom. The van der Waals surface area contributed by atoms with Crippen LogP contribution in [0.5, 0.6) is 5.75 Å². The van der Waals surface area contributed by atoms with E-state index < -0.39 is 0 Å². The van der Waals surface area contributed by atoms with E-state index in [1.165, 1.54) is 16.0 Å². The van der Waals surface area contributed by atoms with E-state index in [0.29, 0.717) is 11.3 Å². The number of rotatable bonds is 5. The zero-order valence-corrected chi connectivity index (χ0v) is 13.4. The molecule has 0 amide bonds. The summed E-state index contributed by atoms with van der Waals surface area (Å²) >= 11 is 1.80. The molecule has 0 bridgehead atoms. The fraction of sp³-hybridized carbons (Fsp3) is 0.235. The van der Waals surface area contributed by atoms with Gasteiger partial charge in [-0.05, 0) is 43.2 Å². The largest absolute Gasteiger partial charge is 0.496 e. The molecule has 3 nitrogen and oxygen atoms in total. The molecule has 2 aromatic rings. The molecule has 0 aliphatic heterocycles. The minimum absolute atomic E-state index is 0.0328. The van der Waals surface area contributed by atoms with E-state index in [1.54, 1.807) is 18.9 Å². The second-order valence-corrected chi connectivity index (χ2v) is 6.02. The normalized spacial score (nSPS) is 10.4. The zero-order valence-electron chi connectivity index (χ0n) is 12.6. The molecule has 110 valence electrons. The third kappa shape index (κ3) is 3.79. The lowest BCUT2D eigenvalue weighted by atomic mass is 10.1. The van der Waals surface area contributed by atoms with Crippen LogP contribution >= 0.6 is 11.8 Å². The van der Waals surface area contributed by atoms with Crippen molar-refractivity contribution in [2.24, 2.45) is 5.73 Å². The Labute approximate surface area is 130 Å². The molecule has 0 radical (unpaired) electrons. The van der Waals surface area contributed by atoms with Gasteiger partial charge in [-0.2, -0.15) is 0 Å². The fourth-order valence-corrected chi connectivity index (χ4v) is 3.15. The molecular weight excluding hydrogens is 280 g/mol. The van der Waals surface area contributed by atoms with Gasteiger partial charge >= 0.3 is 0 Å². The third-order valence-electron chi connectivity index (χ3n) is 3.29. The number of nitrogen functional groups attached to an aromatic ring is 1. The van der Waals surface area contributed by atoms with E-state index in [2.05, 4.69) is 32.0 Å². The Hall–Kier alpha value is -1.94. The summed E-state index contributed by atoms with van der Waals surface area (Å²) in [6, 6.07) is 12.3. The molecule has 0 aromatic heterocycles. The maximum absolute atomic E-state index is 7.63. The molecule has 0 aliphatic rings. The Morgan fingerprint density at radius 3 is 2.62 bits per heavy atom. The summed E-state index contributed by atoms with van der Waals surface area (Å²) in [4.78, 5) is 1.29. The van der Waals surface area contributed by atoms with Gasteiger partial charge in [0.1, 0.15) is 11.6 Å². The number of nitrogens with two attached hydrogens (primary N) is 1. The summed E-state index contributed by atoms with van der Waals surface area (Å²) in [6.45, 7) is 4.22. The van der Waals surface area contributed by atoms with Crippen LogP contribution in [0.25, 0.3) is 0 Å². The van der Waals surface area contributed by atoms with Gasteiger partial charge in [-0.25, -0.2) is 0 Å². The van der Waals surface area contributed by atoms with Crippen LogP contribution in [0.2, 0.25) is 0 Å². The van der Waals surface area contributed by atoms with Gasteiger partial charge in [0.25, 0.3) is 0 Å². The predicted octanol–water partition coefficient (Wildman–Crippen LogP) is 3.89. The van der Waals surface area contributed by atoms with E-state index in [-0.39, 0.29) is 5.84 Å². The number of thioether (sulfide) groups is 1. The molecule has 0 fully saturated rings. The topological polar surface area (TPSA) is 59.1 Å². The van der Waals surface area contributed by atoms with E-state index in [9.17, 15) is 0 Å². The molecule has 21 heavy (non-hydrogen) atoms. The molecule has 0 heterocycles. The Kier molecular flexibility index (Phi) is 4.91. The molecular formula is C17H20N2OS. The number of ether oxygens (including phenoxy) is 1. The van der Waals surface area contributed by atoms with Crippen molar-refractivity contribution < 1.29 is 4.74 Å². The van der Waals surface area contributed by atoms with E-state index in [0.717, 1.165) is 11.3 Å². The average Bonchev–Trinajstić information content (AvgIpc) is 2.47. The lowest BCUT2D eigenvalue weighted by molar-refractivity contribution is 0.413. The van der Waals surface area contributed by atoms with Gasteiger partial charge < -0.3 is 10.5 Å². The van der Waals surface area contributed by atoms with Gasteiger partial charge in [0.2, 0.25) is 0 Å². The molecule has 0 unspecified atom stereocenters. The number of hydrogen-bond acceptors (Lipinski definition) is 3. The molecule has 2 rings (SSSR count). The highest BCUT2D eigenvalue weighted by molar-refractivity contribution is 7.98. The van der Waals surface area contributed by atoms with Gasteiger partial charge in [-0.1, -0.05) is 23.8 Å². The van der Waals surface area contributed by atoms with Crippen molar-refractivity contribution in [1.29, 1.82) is 5.41 Å². The summed E-state index contributed by atoms with van der Waals surface area (Å²) in [7, 11) is 1.59. The van der Waals surface area contributed by atoms with Crippen LogP contribution in [0, 0.1) is 19.3 Å². The van der Waals surface area contributed by atoms with Crippen molar-refractivity contribution in [1.82, 2.24) is 0 Å². The van der Waals surface area contributed by atoms with E-state index in [1.807, 2.05) is 18.2 Å². The molecule has 2 aromatic carbocycles. The smallest absolute Gasteiger partial charge is 0.129 e. The van der Waals surface area contributed by atoms with Gasteiger partial charge in [-0.15, -0.1) is 11.8 Å². The van der Waals surface area contributed by atoms with Crippen molar-refractivity contribution in [2.75, 3.05) is 7.11 Å². The van der Waals surface area contributed by atoms with Crippen molar-refractivity contribution >= 4 is 17.6 Å². The quantitative estimate of drug-likeness (QED) is 0.500. The number of amidine groups is 1. The van der Waals surface area contributed by atoms with Crippen LogP contribution in [-0.4, -0.2) is 12.9 Å². The number of nitrogens with one attached hydrogen (secondary N) is 1. The summed E-state index contributed by atoms with van der Waals surface area (Å²) < 4.78 is 5.23. The standard InChI is InChI=1S/C17H20N2OS/c1-11-4-5-12(2)16(8-11)21-10-13-6-7-15(20-3)14(9-13)17(18)19/h4-9H,10H2,1-3H3,(H3,18,19). The van der Waals surface area contributed by atoms with Crippen LogP contribution in [0.3, 0.4) is 0 Å². The van der Waals surface area contributed by atoms with Gasteiger partial charge in [-0.3, -0.25) is 5.41 Å². The van der Waals surface area contributed by atoms with Crippen molar-refractivity contribution in [3.05, 3.63) is 58.7 Å². The second-order valence-electron chi connectivity index (χ2n) is 5.01. The first-order valence-corrected chi connectivity index (χ1v) is 7.71. The average molecular weight is 300 g/mol. The van der Waals surface area contributed by atoms with E-state index >= 15 is 0 Å². The molecule has 0 spiro atoms. The van der Waals surface area contributed by atoms with Gasteiger partial charge in [0.15, 0.2) is 0 Å². The Morgan fingerprint density at radius 1 is 1.19 bits per heavy atom. The minimum atomic E-state index is 0.0328. The SMILES string of the molecule is COc1ccc(CSc2cc(C)ccc2C)cc1C(=N)N. The van der Waals surface area contributed by atoms with Crippen molar-refractivity contribution in [3.8, 4) is 5.75 Å². The first-order valence-electron chi connectivity index (χ1n) is 6.72. The lowest BCUT2D eigenvalue weighted by Gasteiger charge is -2.10. The summed E-state index contributed by atoms with van der Waals surface area (Å²) in [5.74, 6) is 1.52. The van der Waals surface area contributed by atoms with Crippen LogP contribution in [0.4, 0.5) is 0 Å². The van der Waals surface area contributed by atoms with Crippen LogP contribution in [0.15, 0.2) is 41.3 Å². The molecule has 0 saturated heterocycles.